The maximum absolute atomic E-state index is 14.0. The number of likely N-dealkylation sites (tertiary alicyclic amines) is 1. The van der Waals surface area contributed by atoms with Crippen molar-refractivity contribution in [2.75, 3.05) is 19.9 Å². The summed E-state index contributed by atoms with van der Waals surface area (Å²) >= 11 is 0. The molecule has 0 spiro atoms. The lowest BCUT2D eigenvalue weighted by molar-refractivity contribution is -0.0437. The van der Waals surface area contributed by atoms with Gasteiger partial charge >= 0.3 is 0 Å². The van der Waals surface area contributed by atoms with E-state index in [0.29, 0.717) is 12.4 Å². The largest absolute Gasteiger partial charge is 0.359 e. The SMILES string of the molecule is C=NN(COCC[Si](C)(C)C)/C(C)=N/C=N\C(C)N1C[C@@H](F)C[C@@H]1C1CC(F)[C@H]1F. The number of hydrazone groups is 1. The van der Waals surface area contributed by atoms with E-state index in [1.54, 1.807) is 11.9 Å². The topological polar surface area (TPSA) is 52.8 Å². The molecular formula is C20H36F3N5OSi. The molecule has 1 heterocycles. The first-order chi connectivity index (χ1) is 14.0. The number of halogens is 3. The predicted octanol–water partition coefficient (Wildman–Crippen LogP) is 4.12. The van der Waals surface area contributed by atoms with Gasteiger partial charge in [-0.2, -0.15) is 5.10 Å². The first-order valence-electron chi connectivity index (χ1n) is 10.6. The number of hydrogen-bond donors (Lipinski definition) is 0. The molecule has 1 saturated carbocycles. The highest BCUT2D eigenvalue weighted by Crippen LogP contribution is 2.42. The van der Waals surface area contributed by atoms with Crippen LogP contribution in [-0.2, 0) is 4.74 Å². The average Bonchev–Trinajstić information content (AvgIpc) is 3.05. The number of alkyl halides is 3. The predicted molar refractivity (Wildman–Crippen MR) is 119 cm³/mol. The van der Waals surface area contributed by atoms with Crippen LogP contribution in [0.1, 0.15) is 26.7 Å². The van der Waals surface area contributed by atoms with Crippen molar-refractivity contribution < 1.29 is 17.9 Å². The van der Waals surface area contributed by atoms with Gasteiger partial charge < -0.3 is 4.74 Å². The minimum Gasteiger partial charge on any atom is -0.359 e. The molecule has 0 N–H and O–H groups in total. The van der Waals surface area contributed by atoms with Gasteiger partial charge in [0.1, 0.15) is 43.6 Å². The Morgan fingerprint density at radius 2 is 2.00 bits per heavy atom. The van der Waals surface area contributed by atoms with Crippen LogP contribution < -0.4 is 0 Å². The molecule has 0 amide bonds. The molecule has 172 valence electrons. The summed E-state index contributed by atoms with van der Waals surface area (Å²) in [5, 5.41) is 5.46. The van der Waals surface area contributed by atoms with Gasteiger partial charge in [0.15, 0.2) is 0 Å². The second-order valence-electron chi connectivity index (χ2n) is 9.42. The lowest BCUT2D eigenvalue weighted by atomic mass is 9.75. The standard InChI is InChI=1S/C20H36F3N5OSi/c1-14(27-11-16(21)9-19(27)17-10-18(22)20(17)23)25-12-26-15(2)28(24-3)13-29-7-8-30(4,5)6/h12,14,16-20H,3,7-11,13H2,1-2,4-6H3/b25-12-,26-15+/t14?,16-,17?,18?,19+,20-/m0/s1. The summed E-state index contributed by atoms with van der Waals surface area (Å²) in [4.78, 5) is 10.5. The summed E-state index contributed by atoms with van der Waals surface area (Å²) in [6, 6.07) is 0.731. The van der Waals surface area contributed by atoms with E-state index >= 15 is 0 Å². The van der Waals surface area contributed by atoms with Crippen molar-refractivity contribution >= 4 is 27.0 Å². The Bertz CT molecular complexity index is 630. The van der Waals surface area contributed by atoms with E-state index < -0.39 is 32.5 Å². The maximum Gasteiger partial charge on any atom is 0.141 e. The number of amidine groups is 1. The Kier molecular flexibility index (Phi) is 9.05. The number of aliphatic imine (C=N–C) groups is 2. The fourth-order valence-corrected chi connectivity index (χ4v) is 4.54. The monoisotopic (exact) mass is 447 g/mol. The van der Waals surface area contributed by atoms with E-state index in [1.165, 1.54) is 6.34 Å². The van der Waals surface area contributed by atoms with Gasteiger partial charge in [0.05, 0.1) is 0 Å². The lowest BCUT2D eigenvalue weighted by Gasteiger charge is -2.42. The van der Waals surface area contributed by atoms with Gasteiger partial charge in [-0.05, 0) is 32.7 Å². The van der Waals surface area contributed by atoms with Gasteiger partial charge in [-0.1, -0.05) is 19.6 Å². The quantitative estimate of drug-likeness (QED) is 0.126. The van der Waals surface area contributed by atoms with Crippen molar-refractivity contribution in [1.82, 2.24) is 9.91 Å². The maximum atomic E-state index is 14.0. The molecule has 10 heteroatoms. The zero-order valence-electron chi connectivity index (χ0n) is 18.8. The normalized spacial score (nSPS) is 31.7. The molecular weight excluding hydrogens is 411 g/mol. The van der Waals surface area contributed by atoms with E-state index in [-0.39, 0.29) is 38.3 Å². The van der Waals surface area contributed by atoms with Gasteiger partial charge in [0.2, 0.25) is 0 Å². The van der Waals surface area contributed by atoms with Crippen LogP contribution in [0.4, 0.5) is 13.2 Å². The summed E-state index contributed by atoms with van der Waals surface area (Å²) < 4.78 is 46.7. The molecule has 0 aromatic rings. The molecule has 6 nitrogen and oxygen atoms in total. The first kappa shape index (κ1) is 25.0. The third kappa shape index (κ3) is 6.88. The van der Waals surface area contributed by atoms with Gasteiger partial charge in [0.25, 0.3) is 0 Å². The molecule has 2 aliphatic rings. The van der Waals surface area contributed by atoms with Gasteiger partial charge in [0, 0.05) is 39.9 Å². The zero-order valence-corrected chi connectivity index (χ0v) is 19.8. The van der Waals surface area contributed by atoms with Crippen LogP contribution in [0.2, 0.25) is 25.7 Å². The van der Waals surface area contributed by atoms with Crippen LogP contribution in [0.5, 0.6) is 0 Å². The van der Waals surface area contributed by atoms with Crippen LogP contribution in [0, 0.1) is 5.92 Å². The summed E-state index contributed by atoms with van der Waals surface area (Å²) in [7, 11) is -1.16. The van der Waals surface area contributed by atoms with E-state index in [9.17, 15) is 13.2 Å². The van der Waals surface area contributed by atoms with Crippen LogP contribution in [-0.4, -0.2) is 87.5 Å². The van der Waals surface area contributed by atoms with Crippen molar-refractivity contribution in [2.45, 2.75) is 83.1 Å². The summed E-state index contributed by atoms with van der Waals surface area (Å²) in [6.07, 6.45) is -2.58. The summed E-state index contributed by atoms with van der Waals surface area (Å²) in [6.45, 7) is 15.1. The van der Waals surface area contributed by atoms with Crippen LogP contribution >= 0.6 is 0 Å². The van der Waals surface area contributed by atoms with Crippen molar-refractivity contribution in [2.24, 2.45) is 21.0 Å². The lowest BCUT2D eigenvalue weighted by Crippen LogP contribution is -2.52. The molecule has 0 radical (unpaired) electrons. The summed E-state index contributed by atoms with van der Waals surface area (Å²) in [5.41, 5.74) is 0. The first-order valence-corrected chi connectivity index (χ1v) is 14.3. The highest BCUT2D eigenvalue weighted by molar-refractivity contribution is 6.76. The molecule has 1 aliphatic heterocycles. The Morgan fingerprint density at radius 3 is 2.57 bits per heavy atom. The second-order valence-corrected chi connectivity index (χ2v) is 15.0. The minimum absolute atomic E-state index is 0.153. The number of rotatable bonds is 10. The highest BCUT2D eigenvalue weighted by Gasteiger charge is 2.51. The second kappa shape index (κ2) is 10.9. The van der Waals surface area contributed by atoms with Crippen molar-refractivity contribution in [3.8, 4) is 0 Å². The Hall–Kier alpha value is -1.26. The Balaban J connectivity index is 1.88. The van der Waals surface area contributed by atoms with Crippen LogP contribution in [0.3, 0.4) is 0 Å². The van der Waals surface area contributed by atoms with Gasteiger partial charge in [-0.3, -0.25) is 9.89 Å². The van der Waals surface area contributed by atoms with E-state index in [0.717, 1.165) is 6.04 Å². The van der Waals surface area contributed by atoms with Crippen LogP contribution in [0.25, 0.3) is 0 Å². The molecule has 30 heavy (non-hydrogen) atoms. The van der Waals surface area contributed by atoms with Crippen molar-refractivity contribution in [3.05, 3.63) is 0 Å². The molecule has 6 atom stereocenters. The van der Waals surface area contributed by atoms with E-state index in [4.69, 9.17) is 4.74 Å². The van der Waals surface area contributed by atoms with E-state index in [2.05, 4.69) is 41.4 Å². The third-order valence-corrected chi connectivity index (χ3v) is 7.54. The number of nitrogens with zero attached hydrogens (tertiary/aromatic N) is 5. The van der Waals surface area contributed by atoms with E-state index in [1.807, 2.05) is 11.8 Å². The molecule has 3 unspecified atom stereocenters. The van der Waals surface area contributed by atoms with Gasteiger partial charge in [-0.15, -0.1) is 0 Å². The van der Waals surface area contributed by atoms with Crippen molar-refractivity contribution in [1.29, 1.82) is 0 Å². The number of ether oxygens (including phenoxy) is 1. The molecule has 2 rings (SSSR count). The molecule has 0 aromatic carbocycles. The van der Waals surface area contributed by atoms with Crippen LogP contribution in [0.15, 0.2) is 15.1 Å². The number of hydrogen-bond acceptors (Lipinski definition) is 4. The molecule has 1 saturated heterocycles. The molecule has 2 fully saturated rings. The Morgan fingerprint density at radius 1 is 1.30 bits per heavy atom. The van der Waals surface area contributed by atoms with Gasteiger partial charge in [-0.25, -0.2) is 23.2 Å². The minimum atomic E-state index is -1.51. The third-order valence-electron chi connectivity index (χ3n) is 5.84. The van der Waals surface area contributed by atoms with Crippen molar-refractivity contribution in [3.63, 3.8) is 0 Å². The average molecular weight is 448 g/mol. The zero-order chi connectivity index (χ0) is 22.5. The highest BCUT2D eigenvalue weighted by atomic mass is 28.3. The Labute approximate surface area is 179 Å². The summed E-state index contributed by atoms with van der Waals surface area (Å²) in [5.74, 6) is 0.107. The fourth-order valence-electron chi connectivity index (χ4n) is 3.78. The smallest absolute Gasteiger partial charge is 0.141 e. The molecule has 0 aromatic heterocycles. The molecule has 0 bridgehead atoms. The molecule has 1 aliphatic carbocycles. The fraction of sp³-hybridized carbons (Fsp3) is 0.850.